The molecule has 4 N–H and O–H groups in total. The van der Waals surface area contributed by atoms with E-state index in [1.165, 1.54) is 17.0 Å². The normalized spacial score (nSPS) is 30.2. The number of rotatable bonds is 5. The molecule has 1 aromatic rings. The molecule has 5 amide bonds. The van der Waals surface area contributed by atoms with Crippen LogP contribution in [0.2, 0.25) is 0 Å². The first-order valence-corrected chi connectivity index (χ1v) is 19.1. The first-order valence-electron chi connectivity index (χ1n) is 17.5. The number of carbonyl (C=O) groups excluding carboxylic acids is 4. The summed E-state index contributed by atoms with van der Waals surface area (Å²) in [4.78, 5) is 70.1. The molecule has 51 heavy (non-hydrogen) atoms. The molecule has 1 unspecified atom stereocenters. The van der Waals surface area contributed by atoms with Gasteiger partial charge in [-0.3, -0.25) is 24.0 Å². The van der Waals surface area contributed by atoms with Gasteiger partial charge in [-0.2, -0.15) is 0 Å². The molecular formula is C34H46FN5O10S. The van der Waals surface area contributed by atoms with Crippen LogP contribution in [0.5, 0.6) is 0 Å². The number of fused-ring (bicyclic) bond motifs is 3. The fourth-order valence-electron chi connectivity index (χ4n) is 7.69. The molecule has 15 nitrogen and oxygen atoms in total. The Morgan fingerprint density at radius 3 is 2.55 bits per heavy atom. The maximum atomic E-state index is 14.9. The second-order valence-electron chi connectivity index (χ2n) is 15.3. The number of amides is 5. The van der Waals surface area contributed by atoms with Crippen molar-refractivity contribution in [3.05, 3.63) is 35.1 Å². The van der Waals surface area contributed by atoms with Crippen LogP contribution in [0.25, 0.3) is 0 Å². The van der Waals surface area contributed by atoms with Crippen molar-refractivity contribution in [3.63, 3.8) is 0 Å². The van der Waals surface area contributed by atoms with Gasteiger partial charge in [0.25, 0.3) is 5.91 Å². The van der Waals surface area contributed by atoms with Crippen LogP contribution in [0.15, 0.2) is 18.2 Å². The molecule has 17 heteroatoms. The predicted molar refractivity (Wildman–Crippen MR) is 178 cm³/mol. The molecule has 0 bridgehead atoms. The molecule has 3 heterocycles. The highest BCUT2D eigenvalue weighted by Gasteiger charge is 2.63. The van der Waals surface area contributed by atoms with E-state index < -0.39 is 86.2 Å². The van der Waals surface area contributed by atoms with Crippen LogP contribution in [-0.2, 0) is 40.4 Å². The van der Waals surface area contributed by atoms with Crippen molar-refractivity contribution in [2.24, 2.45) is 11.8 Å². The Bertz CT molecular complexity index is 1700. The second kappa shape index (κ2) is 13.9. The minimum absolute atomic E-state index is 0.0648. The maximum Gasteiger partial charge on any atom is 0.408 e. The van der Waals surface area contributed by atoms with Gasteiger partial charge in [-0.25, -0.2) is 22.4 Å². The Balaban J connectivity index is 1.34. The minimum Gasteiger partial charge on any atom is -0.465 e. The number of ether oxygens (including phenoxy) is 2. The summed E-state index contributed by atoms with van der Waals surface area (Å²) in [5.74, 6) is -3.86. The lowest BCUT2D eigenvalue weighted by molar-refractivity contribution is -0.142. The molecule has 2 saturated carbocycles. The van der Waals surface area contributed by atoms with Crippen molar-refractivity contribution in [1.29, 1.82) is 0 Å². The van der Waals surface area contributed by atoms with E-state index in [1.54, 1.807) is 26.8 Å². The van der Waals surface area contributed by atoms with Crippen LogP contribution in [0, 0.1) is 17.7 Å². The van der Waals surface area contributed by atoms with Crippen LogP contribution >= 0.6 is 0 Å². The van der Waals surface area contributed by atoms with Crippen molar-refractivity contribution in [1.82, 2.24) is 25.2 Å². The number of carbonyl (C=O) groups is 5. The number of benzene rings is 1. The predicted octanol–water partition coefficient (Wildman–Crippen LogP) is 2.54. The third kappa shape index (κ3) is 7.78. The smallest absolute Gasteiger partial charge is 0.408 e. The highest BCUT2D eigenvalue weighted by atomic mass is 32.2. The van der Waals surface area contributed by atoms with E-state index >= 15 is 0 Å². The van der Waals surface area contributed by atoms with Gasteiger partial charge in [0.15, 0.2) is 0 Å². The lowest BCUT2D eigenvalue weighted by atomic mass is 9.90. The number of hydrogen-bond donors (Lipinski definition) is 4. The molecule has 0 radical (unpaired) electrons. The van der Waals surface area contributed by atoms with Crippen LogP contribution in [0.1, 0.15) is 89.3 Å². The topological polar surface area (TPSA) is 201 Å². The van der Waals surface area contributed by atoms with Crippen LogP contribution < -0.4 is 15.4 Å². The van der Waals surface area contributed by atoms with Gasteiger partial charge < -0.3 is 30.1 Å². The molecule has 5 aliphatic rings. The molecule has 6 atom stereocenters. The van der Waals surface area contributed by atoms with Crippen molar-refractivity contribution in [3.8, 4) is 0 Å². The highest BCUT2D eigenvalue weighted by molar-refractivity contribution is 7.91. The van der Waals surface area contributed by atoms with E-state index in [9.17, 15) is 41.9 Å². The molecule has 3 aliphatic heterocycles. The largest absolute Gasteiger partial charge is 0.465 e. The van der Waals surface area contributed by atoms with E-state index in [0.29, 0.717) is 44.1 Å². The Morgan fingerprint density at radius 2 is 1.86 bits per heavy atom. The number of sulfonamides is 1. The standard InChI is InChI=1S/C34H46FN5O10S/c1-33(2,3)50-31(44)36-25-18-49-13-6-4-5-8-20-15-34(20,30(43)38-51(47,48)21-11-12-21)37-28(41)26-14-19(16-39(26)29(25)42)27-22-9-7-10-24(35)23(22)17-40(27)32(45)46/h7,9-10,19-21,25-27H,4-6,8,11-18H2,1-3H3,(H,36,44)(H,37,41)(H,38,43)(H,45,46)/t19-,20-,25+,26+,27?,34-/m1/s1. The van der Waals surface area contributed by atoms with Crippen LogP contribution in [0.3, 0.4) is 0 Å². The number of halogens is 1. The SMILES string of the molecule is CC(C)(C)OC(=O)N[C@H]1COCCCCC[C@@H]2C[C@@]2(C(=O)NS(=O)(=O)C2CC2)NC(=O)[C@@H]2C[C@@H](C3c4cccc(F)c4CN3C(=O)O)CN2C1=O. The third-order valence-corrected chi connectivity index (χ3v) is 12.2. The Labute approximate surface area is 296 Å². The van der Waals surface area contributed by atoms with Gasteiger partial charge in [-0.05, 0) is 76.8 Å². The van der Waals surface area contributed by atoms with Crippen LogP contribution in [0.4, 0.5) is 14.0 Å². The lowest BCUT2D eigenvalue weighted by Crippen LogP contribution is -2.59. The monoisotopic (exact) mass is 735 g/mol. The van der Waals surface area contributed by atoms with E-state index in [2.05, 4.69) is 15.4 Å². The number of carboxylic acid groups (broad SMARTS) is 1. The second-order valence-corrected chi connectivity index (χ2v) is 17.3. The highest BCUT2D eigenvalue weighted by Crippen LogP contribution is 2.49. The van der Waals surface area contributed by atoms with Gasteiger partial charge in [-0.1, -0.05) is 25.0 Å². The lowest BCUT2D eigenvalue weighted by Gasteiger charge is -2.31. The summed E-state index contributed by atoms with van der Waals surface area (Å²) in [5, 5.41) is 14.9. The number of nitrogens with one attached hydrogen (secondary N) is 3. The molecule has 6 rings (SSSR count). The van der Waals surface area contributed by atoms with Crippen LogP contribution in [-0.4, -0.2) is 101 Å². The van der Waals surface area contributed by atoms with Crippen molar-refractivity contribution in [2.75, 3.05) is 19.8 Å². The van der Waals surface area contributed by atoms with Crippen molar-refractivity contribution >= 4 is 39.9 Å². The summed E-state index contributed by atoms with van der Waals surface area (Å²) >= 11 is 0. The van der Waals surface area contributed by atoms with E-state index in [1.807, 2.05) is 0 Å². The molecule has 4 fully saturated rings. The van der Waals surface area contributed by atoms with Gasteiger partial charge in [-0.15, -0.1) is 0 Å². The summed E-state index contributed by atoms with van der Waals surface area (Å²) < 4.78 is 53.9. The van der Waals surface area contributed by atoms with Crippen molar-refractivity contribution < 1.29 is 51.4 Å². The summed E-state index contributed by atoms with van der Waals surface area (Å²) in [7, 11) is -3.93. The number of nitrogens with zero attached hydrogens (tertiary/aromatic N) is 2. The zero-order valence-corrected chi connectivity index (χ0v) is 29.8. The summed E-state index contributed by atoms with van der Waals surface area (Å²) in [6, 6.07) is 0.882. The maximum absolute atomic E-state index is 14.9. The molecule has 2 aliphatic carbocycles. The van der Waals surface area contributed by atoms with E-state index in [-0.39, 0.29) is 50.6 Å². The van der Waals surface area contributed by atoms with E-state index in [0.717, 1.165) is 4.90 Å². The third-order valence-electron chi connectivity index (χ3n) is 10.4. The van der Waals surface area contributed by atoms with Gasteiger partial charge >= 0.3 is 12.2 Å². The Kier molecular flexibility index (Phi) is 10.00. The average Bonchev–Trinajstić information content (AvgIpc) is 3.92. The zero-order chi connectivity index (χ0) is 36.9. The summed E-state index contributed by atoms with van der Waals surface area (Å²) in [6.45, 7) is 4.65. The first kappa shape index (κ1) is 36.8. The molecule has 2 saturated heterocycles. The Hall–Kier alpha value is -3.99. The molecular weight excluding hydrogens is 689 g/mol. The van der Waals surface area contributed by atoms with Gasteiger partial charge in [0.05, 0.1) is 24.4 Å². The zero-order valence-electron chi connectivity index (χ0n) is 29.0. The fourth-order valence-corrected chi connectivity index (χ4v) is 9.05. The molecule has 1 aromatic carbocycles. The van der Waals surface area contributed by atoms with Crippen molar-refractivity contribution in [2.45, 2.75) is 113 Å². The van der Waals surface area contributed by atoms with Gasteiger partial charge in [0.2, 0.25) is 21.8 Å². The van der Waals surface area contributed by atoms with Gasteiger partial charge in [0, 0.05) is 24.6 Å². The molecule has 0 aromatic heterocycles. The van der Waals surface area contributed by atoms with Gasteiger partial charge in [0.1, 0.15) is 29.0 Å². The van der Waals surface area contributed by atoms with E-state index in [4.69, 9.17) is 9.47 Å². The fraction of sp³-hybridized carbons (Fsp3) is 0.676. The average molecular weight is 736 g/mol. The molecule has 0 spiro atoms. The first-order chi connectivity index (χ1) is 24.0. The summed E-state index contributed by atoms with van der Waals surface area (Å²) in [5.41, 5.74) is -1.78. The number of alkyl carbamates (subject to hydrolysis) is 1. The quantitative estimate of drug-likeness (QED) is 0.348. The molecule has 280 valence electrons. The minimum atomic E-state index is -3.93. The number of hydrogen-bond acceptors (Lipinski definition) is 9. The summed E-state index contributed by atoms with van der Waals surface area (Å²) in [6.07, 6.45) is 1.36. The Morgan fingerprint density at radius 1 is 1.12 bits per heavy atom.